The summed E-state index contributed by atoms with van der Waals surface area (Å²) in [5.41, 5.74) is 4.75. The van der Waals surface area contributed by atoms with Gasteiger partial charge in [0.05, 0.1) is 31.1 Å². The highest BCUT2D eigenvalue weighted by atomic mass is 16.5. The van der Waals surface area contributed by atoms with E-state index in [2.05, 4.69) is 47.0 Å². The Morgan fingerprint density at radius 2 is 1.92 bits per heavy atom. The average molecular weight is 504 g/mol. The van der Waals surface area contributed by atoms with Gasteiger partial charge in [-0.2, -0.15) is 0 Å². The monoisotopic (exact) mass is 503 g/mol. The molecule has 0 spiro atoms. The third kappa shape index (κ3) is 8.64. The molecule has 1 atom stereocenters. The highest BCUT2D eigenvalue weighted by Gasteiger charge is 2.15. The van der Waals surface area contributed by atoms with Gasteiger partial charge in [-0.1, -0.05) is 45.4 Å². The molecule has 37 heavy (non-hydrogen) atoms. The van der Waals surface area contributed by atoms with E-state index in [1.54, 1.807) is 19.5 Å². The summed E-state index contributed by atoms with van der Waals surface area (Å²) in [4.78, 5) is 28.6. The molecule has 0 saturated heterocycles. The summed E-state index contributed by atoms with van der Waals surface area (Å²) >= 11 is 0. The smallest absolute Gasteiger partial charge is 0.224 e. The largest absolute Gasteiger partial charge is 0.496 e. The Hall–Kier alpha value is -3.32. The van der Waals surface area contributed by atoms with Crippen LogP contribution < -0.4 is 10.1 Å². The number of carbonyl (C=O) groups excluding carboxylic acids is 1. The number of aromatic nitrogens is 3. The van der Waals surface area contributed by atoms with Gasteiger partial charge in [0.15, 0.2) is 0 Å². The summed E-state index contributed by atoms with van der Waals surface area (Å²) in [7, 11) is 1.63. The topological polar surface area (TPSA) is 80.2 Å². The van der Waals surface area contributed by atoms with Gasteiger partial charge in [0, 0.05) is 36.3 Å². The van der Waals surface area contributed by atoms with Crippen molar-refractivity contribution in [2.75, 3.05) is 33.3 Å². The van der Waals surface area contributed by atoms with Crippen LogP contribution in [0.5, 0.6) is 5.75 Å². The molecule has 7 heteroatoms. The lowest BCUT2D eigenvalue weighted by atomic mass is 9.91. The second-order valence-electron chi connectivity index (χ2n) is 9.31. The van der Waals surface area contributed by atoms with Crippen LogP contribution in [0.2, 0.25) is 0 Å². The molecule has 1 unspecified atom stereocenters. The number of nitrogens with one attached hydrogen (secondary N) is 1. The maximum Gasteiger partial charge on any atom is 0.224 e. The number of ether oxygens (including phenoxy) is 1. The van der Waals surface area contributed by atoms with Gasteiger partial charge in [-0.15, -0.1) is 0 Å². The molecule has 2 heterocycles. The molecule has 1 N–H and O–H groups in total. The van der Waals surface area contributed by atoms with E-state index in [1.807, 2.05) is 36.7 Å². The average Bonchev–Trinajstić information content (AvgIpc) is 2.94. The fourth-order valence-electron chi connectivity index (χ4n) is 4.60. The molecule has 1 aromatic carbocycles. The molecule has 0 saturated carbocycles. The Kier molecular flexibility index (Phi) is 11.5. The molecule has 0 aliphatic heterocycles. The number of methoxy groups -OCH3 is 1. The van der Waals surface area contributed by atoms with Crippen LogP contribution in [0.4, 0.5) is 0 Å². The van der Waals surface area contributed by atoms with E-state index in [1.165, 1.54) is 5.56 Å². The zero-order chi connectivity index (χ0) is 26.5. The van der Waals surface area contributed by atoms with Gasteiger partial charge in [0.2, 0.25) is 5.91 Å². The van der Waals surface area contributed by atoms with Crippen LogP contribution >= 0.6 is 0 Å². The third-order valence-corrected chi connectivity index (χ3v) is 6.73. The molecule has 2 aromatic heterocycles. The lowest BCUT2D eigenvalue weighted by molar-refractivity contribution is -0.120. The van der Waals surface area contributed by atoms with Gasteiger partial charge >= 0.3 is 0 Å². The first kappa shape index (κ1) is 28.3. The van der Waals surface area contributed by atoms with Crippen LogP contribution in [0.1, 0.15) is 62.8 Å². The fourth-order valence-corrected chi connectivity index (χ4v) is 4.60. The molecule has 0 radical (unpaired) electrons. The van der Waals surface area contributed by atoms with Crippen molar-refractivity contribution in [3.8, 4) is 17.0 Å². The number of rotatable bonds is 15. The molecule has 0 fully saturated rings. The van der Waals surface area contributed by atoms with Gasteiger partial charge in [-0.3, -0.25) is 14.8 Å². The normalized spacial score (nSPS) is 11.9. The minimum atomic E-state index is 0.00440. The van der Waals surface area contributed by atoms with Crippen molar-refractivity contribution in [3.63, 3.8) is 0 Å². The zero-order valence-corrected chi connectivity index (χ0v) is 22.7. The Balaban J connectivity index is 1.66. The summed E-state index contributed by atoms with van der Waals surface area (Å²) in [6, 6.07) is 10.0. The molecule has 0 aliphatic carbocycles. The minimum Gasteiger partial charge on any atom is -0.496 e. The summed E-state index contributed by atoms with van der Waals surface area (Å²) in [6.07, 6.45) is 11.6. The third-order valence-electron chi connectivity index (χ3n) is 6.73. The first-order valence-electron chi connectivity index (χ1n) is 13.4. The lowest BCUT2D eigenvalue weighted by Gasteiger charge is -2.17. The van der Waals surface area contributed by atoms with E-state index in [4.69, 9.17) is 9.72 Å². The quantitative estimate of drug-likeness (QED) is 0.292. The van der Waals surface area contributed by atoms with E-state index in [9.17, 15) is 4.79 Å². The molecular weight excluding hydrogens is 462 g/mol. The zero-order valence-electron chi connectivity index (χ0n) is 22.7. The number of hydrogen-bond donors (Lipinski definition) is 1. The van der Waals surface area contributed by atoms with Crippen molar-refractivity contribution < 1.29 is 9.53 Å². The van der Waals surface area contributed by atoms with E-state index in [0.717, 1.165) is 67.8 Å². The van der Waals surface area contributed by atoms with Crippen LogP contribution in [0.3, 0.4) is 0 Å². The van der Waals surface area contributed by atoms with Crippen molar-refractivity contribution in [1.29, 1.82) is 0 Å². The number of amides is 1. The summed E-state index contributed by atoms with van der Waals surface area (Å²) in [5, 5.41) is 3.03. The minimum absolute atomic E-state index is 0.00440. The number of pyridine rings is 1. The van der Waals surface area contributed by atoms with Crippen LogP contribution in [-0.2, 0) is 17.6 Å². The molecule has 3 rings (SSSR count). The first-order chi connectivity index (χ1) is 18.1. The number of nitrogens with zero attached hydrogens (tertiary/aromatic N) is 4. The highest BCUT2D eigenvalue weighted by molar-refractivity contribution is 5.79. The highest BCUT2D eigenvalue weighted by Crippen LogP contribution is 2.28. The maximum atomic E-state index is 12.5. The van der Waals surface area contributed by atoms with Gasteiger partial charge in [0.25, 0.3) is 0 Å². The van der Waals surface area contributed by atoms with Crippen LogP contribution in [0.25, 0.3) is 11.3 Å². The van der Waals surface area contributed by atoms with Crippen LogP contribution in [0.15, 0.2) is 55.1 Å². The number of carbonyl (C=O) groups is 1. The second kappa shape index (κ2) is 15.1. The van der Waals surface area contributed by atoms with Crippen molar-refractivity contribution in [2.45, 2.75) is 58.8 Å². The number of hydrogen-bond acceptors (Lipinski definition) is 6. The van der Waals surface area contributed by atoms with E-state index in [-0.39, 0.29) is 12.3 Å². The molecule has 3 aromatic rings. The Labute approximate surface area is 221 Å². The Morgan fingerprint density at radius 1 is 1.08 bits per heavy atom. The van der Waals surface area contributed by atoms with Crippen LogP contribution in [-0.4, -0.2) is 59.0 Å². The Morgan fingerprint density at radius 3 is 2.62 bits per heavy atom. The standard InChI is InChI=1S/C30H41N5O2/c1-5-10-23(26-11-8-14-31-20-26)17-27-21-32-22-28(34-27)24-12-13-25(29(18-24)37-4)19-30(36)33-15-9-16-35(6-2)7-3/h8,11-14,18,20-23H,5-7,9-10,15-17,19H2,1-4H3,(H,33,36). The molecular formula is C30H41N5O2. The predicted octanol–water partition coefficient (Wildman–Crippen LogP) is 5.06. The van der Waals surface area contributed by atoms with Crippen molar-refractivity contribution in [2.24, 2.45) is 0 Å². The summed E-state index contributed by atoms with van der Waals surface area (Å²) in [6.45, 7) is 10.3. The van der Waals surface area contributed by atoms with E-state index in [0.29, 0.717) is 18.2 Å². The molecule has 0 aliphatic rings. The molecule has 1 amide bonds. The fraction of sp³-hybridized carbons (Fsp3) is 0.467. The van der Waals surface area contributed by atoms with Gasteiger partial charge in [-0.05, 0) is 62.5 Å². The number of benzene rings is 1. The van der Waals surface area contributed by atoms with Crippen molar-refractivity contribution >= 4 is 5.91 Å². The van der Waals surface area contributed by atoms with E-state index >= 15 is 0 Å². The Bertz CT molecular complexity index is 1100. The molecule has 7 nitrogen and oxygen atoms in total. The van der Waals surface area contributed by atoms with Crippen LogP contribution in [0, 0.1) is 0 Å². The maximum absolute atomic E-state index is 12.5. The van der Waals surface area contributed by atoms with Crippen molar-refractivity contribution in [1.82, 2.24) is 25.2 Å². The molecule has 198 valence electrons. The lowest BCUT2D eigenvalue weighted by Crippen LogP contribution is -2.30. The first-order valence-corrected chi connectivity index (χ1v) is 13.4. The van der Waals surface area contributed by atoms with Crippen molar-refractivity contribution in [3.05, 3.63) is 71.9 Å². The SMILES string of the molecule is CCCC(Cc1cncc(-c2ccc(CC(=O)NCCCN(CC)CC)c(OC)c2)n1)c1cccnc1. The van der Waals surface area contributed by atoms with E-state index < -0.39 is 0 Å². The van der Waals surface area contributed by atoms with Gasteiger partial charge < -0.3 is 15.0 Å². The summed E-state index contributed by atoms with van der Waals surface area (Å²) < 4.78 is 5.64. The predicted molar refractivity (Wildman–Crippen MR) is 149 cm³/mol. The molecule has 0 bridgehead atoms. The van der Waals surface area contributed by atoms with Gasteiger partial charge in [-0.25, -0.2) is 4.98 Å². The van der Waals surface area contributed by atoms with Gasteiger partial charge in [0.1, 0.15) is 5.75 Å². The second-order valence-corrected chi connectivity index (χ2v) is 9.31. The summed E-state index contributed by atoms with van der Waals surface area (Å²) in [5.74, 6) is 1.04.